The van der Waals surface area contributed by atoms with Crippen LogP contribution in [0.3, 0.4) is 0 Å². The van der Waals surface area contributed by atoms with Crippen molar-refractivity contribution in [3.05, 3.63) is 58.7 Å². The minimum atomic E-state index is -2.17. The number of unbranched alkanes of at least 4 members (excludes halogenated alkanes) is 4. The minimum absolute atomic E-state index is 0.00847. The molecule has 1 N–H and O–H groups in total. The summed E-state index contributed by atoms with van der Waals surface area (Å²) in [7, 11) is -4.19. The molecule has 0 heterocycles. The Morgan fingerprint density at radius 2 is 1.57 bits per heavy atom. The number of esters is 1. The lowest BCUT2D eigenvalue weighted by atomic mass is 10.0. The third-order valence-electron chi connectivity index (χ3n) is 10.0. The largest absolute Gasteiger partial charge is 0.481 e. The van der Waals surface area contributed by atoms with E-state index in [0.717, 1.165) is 42.8 Å². The molecule has 2 rings (SSSR count). The number of ether oxygens (including phenoxy) is 1. The van der Waals surface area contributed by atoms with Gasteiger partial charge in [-0.05, 0) is 73.4 Å². The number of hydrogen-bond acceptors (Lipinski definition) is 6. The van der Waals surface area contributed by atoms with Gasteiger partial charge in [0.2, 0.25) is 0 Å². The molecule has 266 valence electrons. The van der Waals surface area contributed by atoms with Crippen LogP contribution in [0.15, 0.2) is 53.1 Å². The molecule has 0 fully saturated rings. The predicted molar refractivity (Wildman–Crippen MR) is 203 cm³/mol. The Morgan fingerprint density at radius 1 is 0.936 bits per heavy atom. The standard InChI is InChI=1S/C38H64O6SSi2/c1-12-13-16-23-30(43-46(8,9)37(2,3)4)25-26-31-32(44-47(10,11)38(5,6)7)28-33(42-36(41)29-21-17-14-18-22-29)35(31)45-27-20-15-19-24-34(39)40/h14,17-18,21-22,25-26,30-32H,12-13,15-16,19-20,23-24,27-28H2,1-11H3,(H,39,40)/t30-,31-,32+/m0/s1. The third kappa shape index (κ3) is 13.3. The van der Waals surface area contributed by atoms with Crippen molar-refractivity contribution in [2.45, 2.75) is 155 Å². The van der Waals surface area contributed by atoms with Crippen molar-refractivity contribution in [2.24, 2.45) is 5.92 Å². The maximum absolute atomic E-state index is 13.4. The zero-order valence-corrected chi connectivity index (χ0v) is 34.1. The lowest BCUT2D eigenvalue weighted by molar-refractivity contribution is -0.137. The summed E-state index contributed by atoms with van der Waals surface area (Å²) in [5.74, 6) is 0.341. The fourth-order valence-corrected chi connectivity index (χ4v) is 8.91. The van der Waals surface area contributed by atoms with Crippen LogP contribution >= 0.6 is 11.8 Å². The number of rotatable bonds is 19. The maximum atomic E-state index is 13.4. The highest BCUT2D eigenvalue weighted by atomic mass is 32.2. The van der Waals surface area contributed by atoms with Gasteiger partial charge in [-0.25, -0.2) is 4.79 Å². The SMILES string of the molecule is CCCCC[C@@H](C=C[C@@H]1C(SCCCCCC(=O)O)=C(OC(=O)c2ccccc2)C[C@H]1O[Si](C)(C)C(C)(C)C)O[Si](C)(C)C(C)(C)C. The number of thioether (sulfide) groups is 1. The van der Waals surface area contributed by atoms with Crippen LogP contribution in [0.1, 0.15) is 117 Å². The maximum Gasteiger partial charge on any atom is 0.343 e. The summed E-state index contributed by atoms with van der Waals surface area (Å²) in [5.41, 5.74) is 0.526. The molecule has 0 bridgehead atoms. The van der Waals surface area contributed by atoms with Crippen molar-refractivity contribution < 1.29 is 28.3 Å². The van der Waals surface area contributed by atoms with E-state index in [1.807, 2.05) is 18.2 Å². The molecule has 3 atom stereocenters. The van der Waals surface area contributed by atoms with Crippen molar-refractivity contribution in [2.75, 3.05) is 5.75 Å². The molecule has 0 aromatic heterocycles. The Labute approximate surface area is 292 Å². The van der Waals surface area contributed by atoms with Gasteiger partial charge >= 0.3 is 11.9 Å². The summed E-state index contributed by atoms with van der Waals surface area (Å²) in [6, 6.07) is 9.16. The van der Waals surface area contributed by atoms with Crippen LogP contribution in [0.25, 0.3) is 0 Å². The number of carboxylic acids is 1. The van der Waals surface area contributed by atoms with Gasteiger partial charge in [0.25, 0.3) is 0 Å². The van der Waals surface area contributed by atoms with E-state index in [9.17, 15) is 9.59 Å². The molecule has 6 nitrogen and oxygen atoms in total. The van der Waals surface area contributed by atoms with E-state index >= 15 is 0 Å². The topological polar surface area (TPSA) is 82.1 Å². The first-order valence-corrected chi connectivity index (χ1v) is 24.5. The summed E-state index contributed by atoms with van der Waals surface area (Å²) in [5, 5.41) is 9.20. The minimum Gasteiger partial charge on any atom is -0.481 e. The predicted octanol–water partition coefficient (Wildman–Crippen LogP) is 11.4. The number of aliphatic carboxylic acids is 1. The van der Waals surface area contributed by atoms with Gasteiger partial charge in [-0.1, -0.05) is 105 Å². The molecule has 0 amide bonds. The van der Waals surface area contributed by atoms with Crippen molar-refractivity contribution in [3.8, 4) is 0 Å². The third-order valence-corrected chi connectivity index (χ3v) is 20.3. The van der Waals surface area contributed by atoms with Gasteiger partial charge < -0.3 is 18.7 Å². The van der Waals surface area contributed by atoms with Gasteiger partial charge in [-0.2, -0.15) is 0 Å². The van der Waals surface area contributed by atoms with Crippen molar-refractivity contribution in [1.82, 2.24) is 0 Å². The van der Waals surface area contributed by atoms with Crippen molar-refractivity contribution in [3.63, 3.8) is 0 Å². The monoisotopic (exact) mass is 704 g/mol. The molecule has 0 unspecified atom stereocenters. The second kappa shape index (κ2) is 18.4. The molecule has 0 saturated heterocycles. The fraction of sp³-hybridized carbons (Fsp3) is 0.684. The summed E-state index contributed by atoms with van der Waals surface area (Å²) >= 11 is 1.73. The molecule has 0 saturated carbocycles. The van der Waals surface area contributed by atoms with Crippen LogP contribution in [-0.2, 0) is 18.4 Å². The Kier molecular flexibility index (Phi) is 16.2. The highest BCUT2D eigenvalue weighted by Crippen LogP contribution is 2.47. The van der Waals surface area contributed by atoms with Crippen LogP contribution in [0, 0.1) is 5.92 Å². The molecule has 1 aromatic rings. The molecule has 0 spiro atoms. The molecule has 0 radical (unpaired) electrons. The molecular formula is C38H64O6SSi2. The fourth-order valence-electron chi connectivity index (χ4n) is 4.99. The lowest BCUT2D eigenvalue weighted by Gasteiger charge is -2.40. The van der Waals surface area contributed by atoms with Gasteiger partial charge in [0.15, 0.2) is 16.6 Å². The van der Waals surface area contributed by atoms with Crippen LogP contribution in [0.5, 0.6) is 0 Å². The van der Waals surface area contributed by atoms with E-state index in [4.69, 9.17) is 18.7 Å². The lowest BCUT2D eigenvalue weighted by Crippen LogP contribution is -2.45. The Morgan fingerprint density at radius 3 is 2.15 bits per heavy atom. The summed E-state index contributed by atoms with van der Waals surface area (Å²) in [4.78, 5) is 25.4. The van der Waals surface area contributed by atoms with E-state index in [1.54, 1.807) is 23.9 Å². The smallest absolute Gasteiger partial charge is 0.343 e. The average Bonchev–Trinajstić information content (AvgIpc) is 3.26. The highest BCUT2D eigenvalue weighted by molar-refractivity contribution is 8.03. The normalized spacial score (nSPS) is 18.6. The summed E-state index contributed by atoms with van der Waals surface area (Å²) in [6.45, 7) is 25.1. The second-order valence-electron chi connectivity index (χ2n) is 16.0. The first kappa shape index (κ1) is 41.5. The van der Waals surface area contributed by atoms with E-state index < -0.39 is 22.6 Å². The van der Waals surface area contributed by atoms with Gasteiger partial charge in [0.05, 0.1) is 17.8 Å². The van der Waals surface area contributed by atoms with Gasteiger partial charge in [0.1, 0.15) is 5.76 Å². The van der Waals surface area contributed by atoms with Crippen LogP contribution < -0.4 is 0 Å². The quantitative estimate of drug-likeness (QED) is 0.0664. The van der Waals surface area contributed by atoms with E-state index in [0.29, 0.717) is 24.2 Å². The zero-order valence-electron chi connectivity index (χ0n) is 31.2. The Bertz CT molecular complexity index is 1200. The second-order valence-corrected chi connectivity index (χ2v) is 26.7. The van der Waals surface area contributed by atoms with Crippen LogP contribution in [0.2, 0.25) is 36.3 Å². The summed E-state index contributed by atoms with van der Waals surface area (Å²) < 4.78 is 20.3. The Hall–Kier alpha value is -1.66. The number of carbonyl (C=O) groups excluding carboxylic acids is 1. The Balaban J connectivity index is 2.52. The van der Waals surface area contributed by atoms with Crippen LogP contribution in [0.4, 0.5) is 0 Å². The highest BCUT2D eigenvalue weighted by Gasteiger charge is 2.45. The first-order chi connectivity index (χ1) is 21.8. The van der Waals surface area contributed by atoms with E-state index in [1.165, 1.54) is 6.42 Å². The molecule has 0 aliphatic heterocycles. The summed E-state index contributed by atoms with van der Waals surface area (Å²) in [6.07, 6.45) is 12.0. The number of carbonyl (C=O) groups is 2. The van der Waals surface area contributed by atoms with E-state index in [-0.39, 0.29) is 40.6 Å². The number of hydrogen-bond donors (Lipinski definition) is 1. The average molecular weight is 705 g/mol. The molecular weight excluding hydrogens is 641 g/mol. The number of carboxylic acid groups (broad SMARTS) is 1. The van der Waals surface area contributed by atoms with Gasteiger partial charge in [-0.15, -0.1) is 11.8 Å². The molecule has 1 aromatic carbocycles. The van der Waals surface area contributed by atoms with Crippen LogP contribution in [-0.4, -0.2) is 51.6 Å². The number of benzene rings is 1. The molecule has 1 aliphatic rings. The van der Waals surface area contributed by atoms with Gasteiger partial charge in [0, 0.05) is 23.7 Å². The molecule has 9 heteroatoms. The van der Waals surface area contributed by atoms with Crippen molar-refractivity contribution in [1.29, 1.82) is 0 Å². The van der Waals surface area contributed by atoms with E-state index in [2.05, 4.69) is 86.8 Å². The van der Waals surface area contributed by atoms with Crippen molar-refractivity contribution >= 4 is 40.3 Å². The molecule has 47 heavy (non-hydrogen) atoms. The first-order valence-electron chi connectivity index (χ1n) is 17.7. The molecule has 1 aliphatic carbocycles. The van der Waals surface area contributed by atoms with Gasteiger partial charge in [-0.3, -0.25) is 4.79 Å². The zero-order chi connectivity index (χ0) is 35.5.